The number of aromatic nitrogens is 2. The van der Waals surface area contributed by atoms with E-state index in [1.54, 1.807) is 6.20 Å². The van der Waals surface area contributed by atoms with Crippen LogP contribution < -0.4 is 9.88 Å². The summed E-state index contributed by atoms with van der Waals surface area (Å²) >= 11 is 0. The Morgan fingerprint density at radius 1 is 1.00 bits per heavy atom. The number of nitrogens with zero attached hydrogens (tertiary/aromatic N) is 2. The summed E-state index contributed by atoms with van der Waals surface area (Å²) in [4.78, 5) is -0.831. The quantitative estimate of drug-likeness (QED) is 0.246. The first-order valence-electron chi connectivity index (χ1n) is 11.4. The average molecular weight is 586 g/mol. The van der Waals surface area contributed by atoms with Crippen molar-refractivity contribution in [2.45, 2.75) is 24.2 Å². The molecule has 0 aliphatic carbocycles. The third-order valence-corrected chi connectivity index (χ3v) is 6.79. The van der Waals surface area contributed by atoms with Crippen molar-refractivity contribution in [1.82, 2.24) is 9.78 Å². The van der Waals surface area contributed by atoms with Gasteiger partial charge in [0.1, 0.15) is 11.6 Å². The van der Waals surface area contributed by atoms with Crippen LogP contribution in [0.1, 0.15) is 5.56 Å². The fraction of sp³-hybridized carbons (Fsp3) is 0.192. The van der Waals surface area contributed by atoms with Crippen molar-refractivity contribution in [2.24, 2.45) is 5.14 Å². The monoisotopic (exact) mass is 585 g/mol. The zero-order valence-corrected chi connectivity index (χ0v) is 21.4. The van der Waals surface area contributed by atoms with Crippen LogP contribution in [0, 0.1) is 5.82 Å². The van der Waals surface area contributed by atoms with E-state index in [1.807, 2.05) is 0 Å². The van der Waals surface area contributed by atoms with Gasteiger partial charge in [-0.1, -0.05) is 18.2 Å². The highest BCUT2D eigenvalue weighted by molar-refractivity contribution is 7.89. The summed E-state index contributed by atoms with van der Waals surface area (Å²) in [5.41, 5.74) is -2.41. The van der Waals surface area contributed by atoms with Gasteiger partial charge in [0.25, 0.3) is 0 Å². The van der Waals surface area contributed by atoms with E-state index in [0.717, 1.165) is 36.4 Å². The summed E-state index contributed by atoms with van der Waals surface area (Å²) in [6.07, 6.45) is -3.48. The first-order valence-corrected chi connectivity index (χ1v) is 13.0. The van der Waals surface area contributed by atoms with Gasteiger partial charge < -0.3 is 9.47 Å². The van der Waals surface area contributed by atoms with E-state index >= 15 is 0 Å². The highest BCUT2D eigenvalue weighted by Gasteiger charge is 2.37. The summed E-state index contributed by atoms with van der Waals surface area (Å²) < 4.78 is 119. The molecule has 3 aromatic carbocycles. The molecule has 212 valence electrons. The molecule has 0 saturated heterocycles. The highest BCUT2D eigenvalue weighted by atomic mass is 32.2. The average Bonchev–Trinajstić information content (AvgIpc) is 3.35. The minimum absolute atomic E-state index is 0.0370. The fourth-order valence-corrected chi connectivity index (χ4v) is 4.94. The van der Waals surface area contributed by atoms with Gasteiger partial charge in [0.2, 0.25) is 10.0 Å². The van der Waals surface area contributed by atoms with E-state index in [1.165, 1.54) is 30.0 Å². The van der Waals surface area contributed by atoms with Gasteiger partial charge in [0, 0.05) is 30.0 Å². The SMILES string of the molecule is COCCn1ccc(-c2ccc(-c3cc(F)ccc3OC(F)F)cc2-c2c(C(F)(F)F)cccc2S(N)(=O)=O)n1. The highest BCUT2D eigenvalue weighted by Crippen LogP contribution is 2.45. The van der Waals surface area contributed by atoms with Gasteiger partial charge in [-0.2, -0.15) is 27.1 Å². The molecular weight excluding hydrogens is 564 g/mol. The number of halogens is 6. The summed E-state index contributed by atoms with van der Waals surface area (Å²) in [5.74, 6) is -1.28. The molecule has 1 aromatic heterocycles. The Kier molecular flexibility index (Phi) is 8.23. The van der Waals surface area contributed by atoms with E-state index in [4.69, 9.17) is 9.88 Å². The van der Waals surface area contributed by atoms with Gasteiger partial charge in [0.15, 0.2) is 0 Å². The van der Waals surface area contributed by atoms with Gasteiger partial charge in [0.05, 0.1) is 29.3 Å². The number of hydrogen-bond acceptors (Lipinski definition) is 5. The lowest BCUT2D eigenvalue weighted by molar-refractivity contribution is -0.137. The van der Waals surface area contributed by atoms with Crippen molar-refractivity contribution in [1.29, 1.82) is 0 Å². The number of ether oxygens (including phenoxy) is 2. The minimum Gasteiger partial charge on any atom is -0.434 e. The topological polar surface area (TPSA) is 96.4 Å². The maximum Gasteiger partial charge on any atom is 0.417 e. The summed E-state index contributed by atoms with van der Waals surface area (Å²) in [7, 11) is -3.23. The molecule has 0 atom stereocenters. The lowest BCUT2D eigenvalue weighted by Gasteiger charge is -2.20. The van der Waals surface area contributed by atoms with Crippen molar-refractivity contribution in [3.8, 4) is 39.3 Å². The van der Waals surface area contributed by atoms with Crippen molar-refractivity contribution in [2.75, 3.05) is 13.7 Å². The number of primary sulfonamides is 1. The molecule has 0 saturated carbocycles. The largest absolute Gasteiger partial charge is 0.434 e. The normalized spacial score (nSPS) is 12.2. The molecule has 0 bridgehead atoms. The van der Waals surface area contributed by atoms with Crippen LogP contribution in [-0.2, 0) is 27.5 Å². The van der Waals surface area contributed by atoms with Crippen LogP contribution >= 0.6 is 0 Å². The second-order valence-corrected chi connectivity index (χ2v) is 9.99. The summed E-state index contributed by atoms with van der Waals surface area (Å²) in [6, 6.07) is 10.5. The molecule has 0 fully saturated rings. The number of hydrogen-bond donors (Lipinski definition) is 1. The van der Waals surface area contributed by atoms with Gasteiger partial charge in [-0.15, -0.1) is 0 Å². The Balaban J connectivity index is 2.08. The van der Waals surface area contributed by atoms with Crippen molar-refractivity contribution >= 4 is 10.0 Å². The number of rotatable bonds is 9. The molecule has 4 rings (SSSR count). The van der Waals surface area contributed by atoms with Crippen molar-refractivity contribution in [3.05, 3.63) is 78.2 Å². The molecule has 1 heterocycles. The first kappa shape index (κ1) is 29.1. The molecule has 0 amide bonds. The molecule has 0 spiro atoms. The van der Waals surface area contributed by atoms with Crippen LogP contribution in [0.5, 0.6) is 5.75 Å². The number of alkyl halides is 5. The maximum absolute atomic E-state index is 14.2. The zero-order valence-electron chi connectivity index (χ0n) is 20.6. The second-order valence-electron chi connectivity index (χ2n) is 8.46. The maximum atomic E-state index is 14.2. The number of methoxy groups -OCH3 is 1. The third-order valence-electron chi connectivity index (χ3n) is 5.84. The minimum atomic E-state index is -5.02. The second kappa shape index (κ2) is 11.3. The number of sulfonamides is 1. The molecule has 0 aliphatic rings. The summed E-state index contributed by atoms with van der Waals surface area (Å²) in [5, 5.41) is 9.67. The van der Waals surface area contributed by atoms with E-state index in [-0.39, 0.29) is 34.6 Å². The predicted octanol–water partition coefficient (Wildman–Crippen LogP) is 5.94. The van der Waals surface area contributed by atoms with E-state index < -0.39 is 50.4 Å². The Morgan fingerprint density at radius 3 is 2.40 bits per heavy atom. The van der Waals surface area contributed by atoms with E-state index in [9.17, 15) is 34.8 Å². The van der Waals surface area contributed by atoms with Gasteiger partial charge in [-0.05, 0) is 53.6 Å². The molecule has 0 aliphatic heterocycles. The van der Waals surface area contributed by atoms with Crippen LogP contribution in [0.4, 0.5) is 26.3 Å². The molecular formula is C26H21F6N3O4S. The molecule has 7 nitrogen and oxygen atoms in total. The Hall–Kier alpha value is -3.88. The molecule has 0 radical (unpaired) electrons. The first-order chi connectivity index (χ1) is 18.8. The molecule has 4 aromatic rings. The number of nitrogens with two attached hydrogens (primary N) is 1. The fourth-order valence-electron chi connectivity index (χ4n) is 4.17. The van der Waals surface area contributed by atoms with Gasteiger partial charge >= 0.3 is 12.8 Å². The number of benzene rings is 3. The molecule has 14 heteroatoms. The lowest BCUT2D eigenvalue weighted by atomic mass is 9.90. The summed E-state index contributed by atoms with van der Waals surface area (Å²) in [6.45, 7) is -2.69. The van der Waals surface area contributed by atoms with E-state index in [2.05, 4.69) is 9.84 Å². The van der Waals surface area contributed by atoms with Gasteiger partial charge in [-0.3, -0.25) is 4.68 Å². The molecule has 0 unspecified atom stereocenters. The molecule has 40 heavy (non-hydrogen) atoms. The standard InChI is InChI=1S/C26H21F6N3O4S/c1-38-12-11-35-10-9-21(34-35)17-7-5-15(18-14-16(27)6-8-22(18)39-25(28)29)13-19(17)24-20(26(30,31)32)3-2-4-23(24)40(33,36)37/h2-10,13-14,25H,11-12H2,1H3,(H2,33,36,37). The zero-order chi connectivity index (χ0) is 29.2. The van der Waals surface area contributed by atoms with Crippen LogP contribution in [0.2, 0.25) is 0 Å². The predicted molar refractivity (Wildman–Crippen MR) is 133 cm³/mol. The van der Waals surface area contributed by atoms with Crippen LogP contribution in [0.3, 0.4) is 0 Å². The third kappa shape index (κ3) is 6.29. The Bertz CT molecular complexity index is 1640. The van der Waals surface area contributed by atoms with Crippen LogP contribution in [0.25, 0.3) is 33.5 Å². The smallest absolute Gasteiger partial charge is 0.417 e. The van der Waals surface area contributed by atoms with Gasteiger partial charge in [-0.25, -0.2) is 17.9 Å². The Labute approximate surface area is 224 Å². The van der Waals surface area contributed by atoms with E-state index in [0.29, 0.717) is 12.6 Å². The van der Waals surface area contributed by atoms with Crippen molar-refractivity contribution < 1.29 is 44.2 Å². The van der Waals surface area contributed by atoms with Crippen molar-refractivity contribution in [3.63, 3.8) is 0 Å². The lowest BCUT2D eigenvalue weighted by Crippen LogP contribution is -2.17. The Morgan fingerprint density at radius 2 is 1.75 bits per heavy atom. The molecule has 2 N–H and O–H groups in total. The van der Waals surface area contributed by atoms with Crippen LogP contribution in [-0.4, -0.2) is 38.5 Å². The van der Waals surface area contributed by atoms with Crippen LogP contribution in [0.15, 0.2) is 71.8 Å².